The van der Waals surface area contributed by atoms with Crippen molar-refractivity contribution in [3.8, 4) is 0 Å². The van der Waals surface area contributed by atoms with E-state index in [2.05, 4.69) is 19.1 Å². The van der Waals surface area contributed by atoms with Gasteiger partial charge >= 0.3 is 0 Å². The Morgan fingerprint density at radius 2 is 2.29 bits per heavy atom. The molecule has 1 aromatic carbocycles. The average Bonchev–Trinajstić information content (AvgIpc) is 2.40. The first-order chi connectivity index (χ1) is 6.81. The lowest BCUT2D eigenvalue weighted by atomic mass is 9.98. The normalized spacial score (nSPS) is 16.2. The zero-order chi connectivity index (χ0) is 9.97. The van der Waals surface area contributed by atoms with E-state index in [1.54, 1.807) is 0 Å². The highest BCUT2D eigenvalue weighted by atomic mass is 16.5. The van der Waals surface area contributed by atoms with Crippen LogP contribution in [0.25, 0.3) is 0 Å². The highest BCUT2D eigenvalue weighted by Crippen LogP contribution is 2.17. The molecule has 0 aromatic heterocycles. The van der Waals surface area contributed by atoms with Gasteiger partial charge in [0, 0.05) is 5.56 Å². The van der Waals surface area contributed by atoms with Crippen LogP contribution < -0.4 is 0 Å². The van der Waals surface area contributed by atoms with Crippen LogP contribution in [0.4, 0.5) is 0 Å². The van der Waals surface area contributed by atoms with E-state index in [1.807, 2.05) is 6.07 Å². The minimum atomic E-state index is 0.118. The van der Waals surface area contributed by atoms with Crippen molar-refractivity contribution in [2.75, 3.05) is 13.2 Å². The van der Waals surface area contributed by atoms with E-state index in [0.717, 1.165) is 24.0 Å². The summed E-state index contributed by atoms with van der Waals surface area (Å²) in [6.07, 6.45) is 1.83. The van der Waals surface area contributed by atoms with Crippen molar-refractivity contribution < 1.29 is 9.53 Å². The van der Waals surface area contributed by atoms with E-state index < -0.39 is 0 Å². The van der Waals surface area contributed by atoms with E-state index in [0.29, 0.717) is 6.61 Å². The molecule has 0 bridgehead atoms. The molecular formula is C12H14O2. The van der Waals surface area contributed by atoms with Gasteiger partial charge < -0.3 is 4.74 Å². The summed E-state index contributed by atoms with van der Waals surface area (Å²) in [5, 5.41) is 0. The van der Waals surface area contributed by atoms with Crippen molar-refractivity contribution in [2.45, 2.75) is 19.8 Å². The molecule has 0 N–H and O–H groups in total. The molecule has 74 valence electrons. The summed E-state index contributed by atoms with van der Waals surface area (Å²) in [4.78, 5) is 11.6. The first-order valence-electron chi connectivity index (χ1n) is 5.04. The van der Waals surface area contributed by atoms with Crippen molar-refractivity contribution in [1.82, 2.24) is 0 Å². The van der Waals surface area contributed by atoms with Gasteiger partial charge in [0.25, 0.3) is 0 Å². The molecule has 0 aliphatic carbocycles. The summed E-state index contributed by atoms with van der Waals surface area (Å²) >= 11 is 0. The Morgan fingerprint density at radius 3 is 3.07 bits per heavy atom. The average molecular weight is 190 g/mol. The Balaban J connectivity index is 2.44. The molecule has 0 fully saturated rings. The van der Waals surface area contributed by atoms with Gasteiger partial charge in [-0.1, -0.05) is 19.1 Å². The fraction of sp³-hybridized carbons (Fsp3) is 0.417. The number of aryl methyl sites for hydroxylation is 1. The van der Waals surface area contributed by atoms with Crippen LogP contribution >= 0.6 is 0 Å². The van der Waals surface area contributed by atoms with Crippen molar-refractivity contribution in [3.05, 3.63) is 34.9 Å². The maximum atomic E-state index is 11.6. The summed E-state index contributed by atoms with van der Waals surface area (Å²) < 4.78 is 5.21. The van der Waals surface area contributed by atoms with Gasteiger partial charge in [-0.15, -0.1) is 0 Å². The first kappa shape index (κ1) is 9.41. The highest BCUT2D eigenvalue weighted by molar-refractivity contribution is 5.98. The van der Waals surface area contributed by atoms with Crippen LogP contribution in [0.1, 0.15) is 28.4 Å². The molecule has 1 heterocycles. The van der Waals surface area contributed by atoms with Gasteiger partial charge in [-0.25, -0.2) is 0 Å². The second kappa shape index (κ2) is 3.93. The topological polar surface area (TPSA) is 26.3 Å². The molecule has 2 heteroatoms. The number of fused-ring (bicyclic) bond motifs is 1. The van der Waals surface area contributed by atoms with E-state index in [4.69, 9.17) is 4.74 Å². The number of ether oxygens (including phenoxy) is 1. The van der Waals surface area contributed by atoms with E-state index >= 15 is 0 Å². The SMILES string of the molecule is CCc1ccc2c(c1)C(=O)COCC2. The van der Waals surface area contributed by atoms with Crippen LogP contribution in [0.2, 0.25) is 0 Å². The largest absolute Gasteiger partial charge is 0.373 e. The van der Waals surface area contributed by atoms with Gasteiger partial charge in [0.05, 0.1) is 6.61 Å². The van der Waals surface area contributed by atoms with E-state index in [-0.39, 0.29) is 12.4 Å². The zero-order valence-electron chi connectivity index (χ0n) is 8.38. The smallest absolute Gasteiger partial charge is 0.188 e. The molecule has 2 rings (SSSR count). The predicted molar refractivity (Wildman–Crippen MR) is 54.7 cm³/mol. The lowest BCUT2D eigenvalue weighted by Crippen LogP contribution is -2.07. The highest BCUT2D eigenvalue weighted by Gasteiger charge is 2.15. The number of Topliss-reactive ketones (excluding diaryl/α,β-unsaturated/α-hetero) is 1. The van der Waals surface area contributed by atoms with Crippen LogP contribution in [-0.4, -0.2) is 19.0 Å². The zero-order valence-corrected chi connectivity index (χ0v) is 8.38. The molecule has 14 heavy (non-hydrogen) atoms. The molecule has 0 saturated carbocycles. The molecule has 1 aliphatic rings. The Hall–Kier alpha value is -1.15. The number of hydrogen-bond donors (Lipinski definition) is 0. The molecular weight excluding hydrogens is 176 g/mol. The van der Waals surface area contributed by atoms with Gasteiger partial charge in [-0.05, 0) is 30.0 Å². The van der Waals surface area contributed by atoms with Crippen molar-refractivity contribution in [2.24, 2.45) is 0 Å². The monoisotopic (exact) mass is 190 g/mol. The third-order valence-electron chi connectivity index (χ3n) is 2.63. The predicted octanol–water partition coefficient (Wildman–Crippen LogP) is 2.00. The molecule has 1 aromatic rings. The van der Waals surface area contributed by atoms with Crippen molar-refractivity contribution in [3.63, 3.8) is 0 Å². The maximum Gasteiger partial charge on any atom is 0.188 e. The number of ketones is 1. The summed E-state index contributed by atoms with van der Waals surface area (Å²) in [5.74, 6) is 0.118. The second-order valence-corrected chi connectivity index (χ2v) is 3.57. The number of carbonyl (C=O) groups is 1. The molecule has 0 unspecified atom stereocenters. The molecule has 0 spiro atoms. The van der Waals surface area contributed by atoms with E-state index in [1.165, 1.54) is 5.56 Å². The second-order valence-electron chi connectivity index (χ2n) is 3.57. The molecule has 1 aliphatic heterocycles. The summed E-state index contributed by atoms with van der Waals surface area (Å²) in [7, 11) is 0. The quantitative estimate of drug-likeness (QED) is 0.677. The molecule has 2 nitrogen and oxygen atoms in total. The first-order valence-corrected chi connectivity index (χ1v) is 5.04. The number of carbonyl (C=O) groups excluding carboxylic acids is 1. The third-order valence-corrected chi connectivity index (χ3v) is 2.63. The van der Waals surface area contributed by atoms with Crippen LogP contribution in [0.5, 0.6) is 0 Å². The Morgan fingerprint density at radius 1 is 1.43 bits per heavy atom. The summed E-state index contributed by atoms with van der Waals surface area (Å²) in [5.41, 5.74) is 3.21. The van der Waals surface area contributed by atoms with Crippen molar-refractivity contribution in [1.29, 1.82) is 0 Å². The Labute approximate surface area is 83.9 Å². The number of benzene rings is 1. The molecule has 0 saturated heterocycles. The Bertz CT molecular complexity index is 355. The van der Waals surface area contributed by atoms with Gasteiger partial charge in [0.1, 0.15) is 6.61 Å². The molecule has 0 atom stereocenters. The lowest BCUT2D eigenvalue weighted by molar-refractivity contribution is 0.0788. The minimum absolute atomic E-state index is 0.118. The van der Waals surface area contributed by atoms with Crippen LogP contribution in [0, 0.1) is 0 Å². The van der Waals surface area contributed by atoms with Crippen LogP contribution in [0.15, 0.2) is 18.2 Å². The van der Waals surface area contributed by atoms with Crippen LogP contribution in [0.3, 0.4) is 0 Å². The molecule has 0 amide bonds. The number of hydrogen-bond acceptors (Lipinski definition) is 2. The fourth-order valence-corrected chi connectivity index (χ4v) is 1.75. The fourth-order valence-electron chi connectivity index (χ4n) is 1.75. The van der Waals surface area contributed by atoms with E-state index in [9.17, 15) is 4.79 Å². The lowest BCUT2D eigenvalue weighted by Gasteiger charge is -2.05. The van der Waals surface area contributed by atoms with Crippen LogP contribution in [-0.2, 0) is 17.6 Å². The summed E-state index contributed by atoms with van der Waals surface area (Å²) in [6.45, 7) is 2.99. The standard InChI is InChI=1S/C12H14O2/c1-2-9-3-4-10-5-6-14-8-12(13)11(10)7-9/h3-4,7H,2,5-6,8H2,1H3. The maximum absolute atomic E-state index is 11.6. The van der Waals surface area contributed by atoms with Gasteiger partial charge in [0.15, 0.2) is 5.78 Å². The minimum Gasteiger partial charge on any atom is -0.373 e. The summed E-state index contributed by atoms with van der Waals surface area (Å²) in [6, 6.07) is 6.16. The van der Waals surface area contributed by atoms with Gasteiger partial charge in [-0.2, -0.15) is 0 Å². The Kier molecular flexibility index (Phi) is 2.64. The van der Waals surface area contributed by atoms with Crippen molar-refractivity contribution >= 4 is 5.78 Å². The molecule has 0 radical (unpaired) electrons. The van der Waals surface area contributed by atoms with Gasteiger partial charge in [0.2, 0.25) is 0 Å². The van der Waals surface area contributed by atoms with Gasteiger partial charge in [-0.3, -0.25) is 4.79 Å². The number of rotatable bonds is 1. The third kappa shape index (κ3) is 1.70.